The first-order chi connectivity index (χ1) is 6.40. The number of hydrogen-bond donors (Lipinski definition) is 2. The summed E-state index contributed by atoms with van der Waals surface area (Å²) in [4.78, 5) is 3.22. The van der Waals surface area contributed by atoms with Gasteiger partial charge in [0.25, 0.3) is 0 Å². The van der Waals surface area contributed by atoms with Crippen molar-refractivity contribution in [2.75, 3.05) is 0 Å². The van der Waals surface area contributed by atoms with E-state index in [4.69, 9.17) is 0 Å². The van der Waals surface area contributed by atoms with Crippen LogP contribution in [0.3, 0.4) is 0 Å². The van der Waals surface area contributed by atoms with Crippen molar-refractivity contribution in [1.82, 2.24) is 0 Å². The summed E-state index contributed by atoms with van der Waals surface area (Å²) in [5, 5.41) is 9.72. The van der Waals surface area contributed by atoms with Crippen molar-refractivity contribution in [3.63, 3.8) is 0 Å². The predicted molar refractivity (Wildman–Crippen MR) is 58.7 cm³/mol. The number of para-hydroxylation sites is 1. The summed E-state index contributed by atoms with van der Waals surface area (Å²) in [6.45, 7) is 8.13. The van der Waals surface area contributed by atoms with E-state index in [1.807, 2.05) is 31.3 Å². The zero-order valence-corrected chi connectivity index (χ0v) is 9.26. The molecule has 0 aliphatic rings. The van der Waals surface area contributed by atoms with Gasteiger partial charge in [0.2, 0.25) is 0 Å². The highest BCUT2D eigenvalue weighted by Gasteiger charge is 2.12. The van der Waals surface area contributed by atoms with E-state index < -0.39 is 0 Å². The van der Waals surface area contributed by atoms with Crippen LogP contribution >= 0.6 is 0 Å². The highest BCUT2D eigenvalue weighted by atomic mass is 16.3. The van der Waals surface area contributed by atoms with Crippen LogP contribution in [-0.2, 0) is 0 Å². The van der Waals surface area contributed by atoms with E-state index >= 15 is 0 Å². The van der Waals surface area contributed by atoms with E-state index in [0.29, 0.717) is 5.75 Å². The molecule has 0 fully saturated rings. The van der Waals surface area contributed by atoms with Gasteiger partial charge in [0.1, 0.15) is 5.75 Å². The number of phenols is 1. The zero-order chi connectivity index (χ0) is 10.8. The molecule has 0 aliphatic carbocycles. The minimum absolute atomic E-state index is 0.0240. The van der Waals surface area contributed by atoms with Crippen LogP contribution in [0, 0.1) is 6.92 Å². The number of aryl methyl sites for hydroxylation is 1. The lowest BCUT2D eigenvalue weighted by atomic mass is 10.1. The Hall–Kier alpha value is -1.31. The third-order valence-electron chi connectivity index (χ3n) is 1.93. The Labute approximate surface area is 85.3 Å². The molecular weight excluding hydrogens is 174 g/mol. The Morgan fingerprint density at radius 1 is 1.29 bits per heavy atom. The Kier molecular flexibility index (Phi) is 2.94. The zero-order valence-electron chi connectivity index (χ0n) is 9.26. The topological polar surface area (TPSA) is 34.2 Å². The second-order valence-electron chi connectivity index (χ2n) is 4.55. The molecule has 0 amide bonds. The van der Waals surface area contributed by atoms with Gasteiger partial charge in [-0.25, -0.2) is 4.99 Å². The summed E-state index contributed by atoms with van der Waals surface area (Å²) in [5.74, 6) is 0.351. The van der Waals surface area contributed by atoms with Crippen LogP contribution in [0.25, 0.3) is 0 Å². The molecule has 0 spiro atoms. The van der Waals surface area contributed by atoms with Crippen LogP contribution in [0.5, 0.6) is 5.75 Å². The second-order valence-corrected chi connectivity index (χ2v) is 4.55. The lowest BCUT2D eigenvalue weighted by Crippen LogP contribution is -2.81. The van der Waals surface area contributed by atoms with Crippen molar-refractivity contribution < 1.29 is 10.1 Å². The van der Waals surface area contributed by atoms with E-state index in [0.717, 1.165) is 11.1 Å². The molecule has 0 bridgehead atoms. The number of phenolic OH excluding ortho intramolecular Hbond substituents is 1. The molecular formula is C12H18NO+. The molecule has 0 aromatic heterocycles. The van der Waals surface area contributed by atoms with Crippen molar-refractivity contribution in [3.05, 3.63) is 29.3 Å². The molecule has 2 nitrogen and oxygen atoms in total. The fourth-order valence-electron chi connectivity index (χ4n) is 1.09. The van der Waals surface area contributed by atoms with Gasteiger partial charge in [-0.15, -0.1) is 0 Å². The Bertz CT molecular complexity index is 348. The number of hydrogen-bond acceptors (Lipinski definition) is 1. The highest BCUT2D eigenvalue weighted by Crippen LogP contribution is 2.18. The van der Waals surface area contributed by atoms with Crippen LogP contribution < -0.4 is 4.99 Å². The third kappa shape index (κ3) is 2.87. The summed E-state index contributed by atoms with van der Waals surface area (Å²) in [7, 11) is 0. The maximum atomic E-state index is 9.72. The lowest BCUT2D eigenvalue weighted by Gasteiger charge is -2.05. The number of nitrogens with one attached hydrogen (secondary N) is 1. The summed E-state index contributed by atoms with van der Waals surface area (Å²) in [6, 6.07) is 5.72. The number of aromatic hydroxyl groups is 1. The van der Waals surface area contributed by atoms with Gasteiger partial charge in [-0.05, 0) is 39.3 Å². The first kappa shape index (κ1) is 10.8. The third-order valence-corrected chi connectivity index (χ3v) is 1.93. The molecule has 0 saturated carbocycles. The van der Waals surface area contributed by atoms with Gasteiger partial charge < -0.3 is 5.11 Å². The molecule has 0 radical (unpaired) electrons. The van der Waals surface area contributed by atoms with Crippen molar-refractivity contribution in [1.29, 1.82) is 0 Å². The van der Waals surface area contributed by atoms with E-state index in [1.165, 1.54) is 0 Å². The SMILES string of the molecule is Cc1cccc(C=[NH+]C(C)(C)C)c1O. The maximum Gasteiger partial charge on any atom is 0.173 e. The molecule has 0 heterocycles. The predicted octanol–water partition coefficient (Wildman–Crippen LogP) is 0.999. The number of benzene rings is 1. The molecule has 2 heteroatoms. The summed E-state index contributed by atoms with van der Waals surface area (Å²) in [6.07, 6.45) is 1.85. The van der Waals surface area contributed by atoms with Gasteiger partial charge in [0, 0.05) is 0 Å². The Morgan fingerprint density at radius 3 is 2.50 bits per heavy atom. The lowest BCUT2D eigenvalue weighted by molar-refractivity contribution is -0.533. The van der Waals surface area contributed by atoms with Gasteiger partial charge in [-0.1, -0.05) is 12.1 Å². The molecule has 2 N–H and O–H groups in total. The average molecular weight is 192 g/mol. The largest absolute Gasteiger partial charge is 0.507 e. The van der Waals surface area contributed by atoms with Gasteiger partial charge in [-0.2, -0.15) is 0 Å². The smallest absolute Gasteiger partial charge is 0.173 e. The van der Waals surface area contributed by atoms with E-state index in [-0.39, 0.29) is 5.54 Å². The van der Waals surface area contributed by atoms with E-state index in [2.05, 4.69) is 25.8 Å². The van der Waals surface area contributed by atoms with Crippen molar-refractivity contribution >= 4 is 6.21 Å². The van der Waals surface area contributed by atoms with Crippen LogP contribution in [0.2, 0.25) is 0 Å². The van der Waals surface area contributed by atoms with Gasteiger partial charge >= 0.3 is 0 Å². The normalized spacial score (nSPS) is 12.3. The average Bonchev–Trinajstić information content (AvgIpc) is 2.06. The van der Waals surface area contributed by atoms with Crippen molar-refractivity contribution in [2.45, 2.75) is 33.2 Å². The Balaban J connectivity index is 2.98. The van der Waals surface area contributed by atoms with Crippen LogP contribution in [0.15, 0.2) is 18.2 Å². The van der Waals surface area contributed by atoms with E-state index in [1.54, 1.807) is 0 Å². The second kappa shape index (κ2) is 3.82. The molecule has 14 heavy (non-hydrogen) atoms. The molecule has 0 atom stereocenters. The monoisotopic (exact) mass is 192 g/mol. The van der Waals surface area contributed by atoms with Gasteiger partial charge in [0.15, 0.2) is 11.8 Å². The van der Waals surface area contributed by atoms with Crippen molar-refractivity contribution in [3.8, 4) is 5.75 Å². The first-order valence-electron chi connectivity index (χ1n) is 4.79. The fraction of sp³-hybridized carbons (Fsp3) is 0.417. The van der Waals surface area contributed by atoms with Gasteiger partial charge in [0.05, 0.1) is 5.56 Å². The molecule has 1 aromatic carbocycles. The highest BCUT2D eigenvalue weighted by molar-refractivity contribution is 5.79. The molecule has 0 saturated heterocycles. The number of rotatable bonds is 1. The van der Waals surface area contributed by atoms with E-state index in [9.17, 15) is 5.11 Å². The molecule has 0 aliphatic heterocycles. The van der Waals surface area contributed by atoms with Crippen LogP contribution in [0.4, 0.5) is 0 Å². The van der Waals surface area contributed by atoms with Crippen LogP contribution in [0.1, 0.15) is 31.9 Å². The molecule has 0 unspecified atom stereocenters. The maximum absolute atomic E-state index is 9.72. The van der Waals surface area contributed by atoms with Gasteiger partial charge in [-0.3, -0.25) is 0 Å². The Morgan fingerprint density at radius 2 is 1.93 bits per heavy atom. The molecule has 76 valence electrons. The summed E-state index contributed by atoms with van der Waals surface area (Å²) >= 11 is 0. The fourth-order valence-corrected chi connectivity index (χ4v) is 1.09. The minimum atomic E-state index is 0.0240. The molecule has 1 aromatic rings. The molecule has 1 rings (SSSR count). The van der Waals surface area contributed by atoms with Crippen LogP contribution in [-0.4, -0.2) is 16.9 Å². The first-order valence-corrected chi connectivity index (χ1v) is 4.79. The standard InChI is InChI=1S/C12H17NO/c1-9-6-5-7-10(11(9)14)8-13-12(2,3)4/h5-8,14H,1-4H3/p+1. The van der Waals surface area contributed by atoms with Crippen molar-refractivity contribution in [2.24, 2.45) is 0 Å². The summed E-state index contributed by atoms with van der Waals surface area (Å²) < 4.78 is 0. The summed E-state index contributed by atoms with van der Waals surface area (Å²) in [5.41, 5.74) is 1.75. The minimum Gasteiger partial charge on any atom is -0.507 e. The quantitative estimate of drug-likeness (QED) is 0.640.